The predicted molar refractivity (Wildman–Crippen MR) is 123 cm³/mol. The van der Waals surface area contributed by atoms with Crippen LogP contribution in [0.3, 0.4) is 0 Å². The summed E-state index contributed by atoms with van der Waals surface area (Å²) < 4.78 is 21.6. The lowest BCUT2D eigenvalue weighted by Crippen LogP contribution is -2.30. The van der Waals surface area contributed by atoms with Gasteiger partial charge >= 0.3 is 5.97 Å². The average Bonchev–Trinajstić information content (AvgIpc) is 3.11. The molecule has 0 spiro atoms. The number of ether oxygens (including phenoxy) is 3. The summed E-state index contributed by atoms with van der Waals surface area (Å²) in [6.45, 7) is 7.20. The first-order chi connectivity index (χ1) is 15.7. The molecular weight excluding hydrogens is 448 g/mol. The number of rotatable bonds is 8. The molecule has 1 amide bonds. The molecule has 0 aliphatic heterocycles. The number of carbonyl (C=O) groups is 2. The Labute approximate surface area is 196 Å². The van der Waals surface area contributed by atoms with E-state index in [0.717, 1.165) is 16.8 Å². The van der Waals surface area contributed by atoms with Gasteiger partial charge in [-0.1, -0.05) is 22.8 Å². The molecule has 0 saturated carbocycles. The summed E-state index contributed by atoms with van der Waals surface area (Å²) in [6.07, 6.45) is -1.03. The van der Waals surface area contributed by atoms with E-state index in [1.165, 1.54) is 20.1 Å². The zero-order valence-electron chi connectivity index (χ0n) is 19.0. The molecule has 33 heavy (non-hydrogen) atoms. The average molecular weight is 473 g/mol. The Morgan fingerprint density at radius 3 is 2.55 bits per heavy atom. The highest BCUT2D eigenvalue weighted by Gasteiger charge is 2.21. The van der Waals surface area contributed by atoms with E-state index in [1.807, 2.05) is 13.8 Å². The third-order valence-corrected chi connectivity index (χ3v) is 5.30. The van der Waals surface area contributed by atoms with E-state index in [2.05, 4.69) is 10.5 Å². The van der Waals surface area contributed by atoms with E-state index >= 15 is 0 Å². The van der Waals surface area contributed by atoms with Crippen LogP contribution in [0.15, 0.2) is 40.9 Å². The number of aromatic nitrogens is 1. The van der Waals surface area contributed by atoms with Crippen LogP contribution in [0.1, 0.15) is 39.9 Å². The molecule has 0 aliphatic carbocycles. The van der Waals surface area contributed by atoms with E-state index in [9.17, 15) is 9.59 Å². The molecule has 0 fully saturated rings. The van der Waals surface area contributed by atoms with Crippen molar-refractivity contribution in [1.29, 1.82) is 0 Å². The van der Waals surface area contributed by atoms with Crippen LogP contribution in [0, 0.1) is 20.8 Å². The van der Waals surface area contributed by atoms with Crippen molar-refractivity contribution in [2.45, 2.75) is 40.4 Å². The summed E-state index contributed by atoms with van der Waals surface area (Å²) in [7, 11) is 1.47. The van der Waals surface area contributed by atoms with Gasteiger partial charge < -0.3 is 24.1 Å². The van der Waals surface area contributed by atoms with Crippen molar-refractivity contribution in [3.63, 3.8) is 0 Å². The topological polar surface area (TPSA) is 99.9 Å². The summed E-state index contributed by atoms with van der Waals surface area (Å²) >= 11 is 5.99. The third-order valence-electron chi connectivity index (χ3n) is 5.06. The Hall–Kier alpha value is -3.52. The minimum atomic E-state index is -1.03. The predicted octanol–water partition coefficient (Wildman–Crippen LogP) is 5.02. The smallest absolute Gasteiger partial charge is 0.339 e. The van der Waals surface area contributed by atoms with Crippen LogP contribution in [-0.4, -0.2) is 30.2 Å². The van der Waals surface area contributed by atoms with Gasteiger partial charge in [-0.2, -0.15) is 0 Å². The first-order valence-electron chi connectivity index (χ1n) is 10.2. The van der Waals surface area contributed by atoms with Crippen molar-refractivity contribution in [2.24, 2.45) is 0 Å². The number of halogens is 1. The summed E-state index contributed by atoms with van der Waals surface area (Å²) in [6, 6.07) is 9.79. The van der Waals surface area contributed by atoms with Gasteiger partial charge in [-0.3, -0.25) is 4.79 Å². The standard InChI is InChI=1S/C24H25ClN2O6/c1-13-6-8-18(25)11-20(13)26-23(28)16(4)32-24(29)17-7-9-21(22(10-17)30-5)31-12-19-14(2)27-33-15(19)3/h6-11,16H,12H2,1-5H3,(H,26,28). The fraction of sp³-hybridized carbons (Fsp3) is 0.292. The van der Waals surface area contributed by atoms with Gasteiger partial charge in [0, 0.05) is 10.7 Å². The number of amides is 1. The quantitative estimate of drug-likeness (QED) is 0.459. The highest BCUT2D eigenvalue weighted by molar-refractivity contribution is 6.31. The van der Waals surface area contributed by atoms with Gasteiger partial charge in [-0.05, 0) is 63.6 Å². The van der Waals surface area contributed by atoms with Gasteiger partial charge in [0.2, 0.25) is 0 Å². The van der Waals surface area contributed by atoms with Gasteiger partial charge in [0.25, 0.3) is 5.91 Å². The Morgan fingerprint density at radius 2 is 1.88 bits per heavy atom. The number of carbonyl (C=O) groups excluding carboxylic acids is 2. The largest absolute Gasteiger partial charge is 0.493 e. The van der Waals surface area contributed by atoms with Crippen molar-refractivity contribution in [3.8, 4) is 11.5 Å². The van der Waals surface area contributed by atoms with Gasteiger partial charge in [-0.15, -0.1) is 0 Å². The second kappa shape index (κ2) is 10.4. The molecule has 8 nitrogen and oxygen atoms in total. The lowest BCUT2D eigenvalue weighted by molar-refractivity contribution is -0.123. The molecule has 3 rings (SSSR count). The highest BCUT2D eigenvalue weighted by Crippen LogP contribution is 2.30. The summed E-state index contributed by atoms with van der Waals surface area (Å²) in [5.74, 6) is 0.321. The van der Waals surface area contributed by atoms with E-state index in [4.69, 9.17) is 30.3 Å². The minimum Gasteiger partial charge on any atom is -0.493 e. The molecule has 1 unspecified atom stereocenters. The maximum Gasteiger partial charge on any atom is 0.339 e. The maximum absolute atomic E-state index is 12.6. The second-order valence-electron chi connectivity index (χ2n) is 7.45. The number of aryl methyl sites for hydroxylation is 3. The van der Waals surface area contributed by atoms with Crippen LogP contribution in [0.2, 0.25) is 5.02 Å². The van der Waals surface area contributed by atoms with Crippen LogP contribution in [-0.2, 0) is 16.1 Å². The van der Waals surface area contributed by atoms with E-state index in [1.54, 1.807) is 37.3 Å². The Bertz CT molecular complexity index is 1150. The molecular formula is C24H25ClN2O6. The van der Waals surface area contributed by atoms with E-state index in [-0.39, 0.29) is 12.2 Å². The molecule has 0 aliphatic rings. The van der Waals surface area contributed by atoms with E-state index in [0.29, 0.717) is 28.0 Å². The molecule has 1 atom stereocenters. The Morgan fingerprint density at radius 1 is 1.12 bits per heavy atom. The zero-order chi connectivity index (χ0) is 24.1. The number of anilines is 1. The van der Waals surface area contributed by atoms with Gasteiger partial charge in [0.1, 0.15) is 12.4 Å². The minimum absolute atomic E-state index is 0.218. The summed E-state index contributed by atoms with van der Waals surface area (Å²) in [5.41, 5.74) is 3.19. The van der Waals surface area contributed by atoms with Crippen LogP contribution in [0.25, 0.3) is 0 Å². The summed E-state index contributed by atoms with van der Waals surface area (Å²) in [4.78, 5) is 25.1. The number of benzene rings is 2. The van der Waals surface area contributed by atoms with Crippen molar-refractivity contribution < 1.29 is 28.3 Å². The van der Waals surface area contributed by atoms with Crippen molar-refractivity contribution >= 4 is 29.2 Å². The number of methoxy groups -OCH3 is 1. The third kappa shape index (κ3) is 5.84. The fourth-order valence-corrected chi connectivity index (χ4v) is 3.19. The Balaban J connectivity index is 1.65. The van der Waals surface area contributed by atoms with Crippen LogP contribution >= 0.6 is 11.6 Å². The molecule has 1 aromatic heterocycles. The number of esters is 1. The zero-order valence-corrected chi connectivity index (χ0v) is 19.8. The number of hydrogen-bond acceptors (Lipinski definition) is 7. The SMILES string of the molecule is COc1cc(C(=O)OC(C)C(=O)Nc2cc(Cl)ccc2C)ccc1OCc1c(C)noc1C. The fourth-order valence-electron chi connectivity index (χ4n) is 3.02. The van der Waals surface area contributed by atoms with Crippen molar-refractivity contribution in [2.75, 3.05) is 12.4 Å². The number of nitrogens with zero attached hydrogens (tertiary/aromatic N) is 1. The maximum atomic E-state index is 12.6. The number of hydrogen-bond donors (Lipinski definition) is 1. The molecule has 1 N–H and O–H groups in total. The van der Waals surface area contributed by atoms with Crippen LogP contribution in [0.4, 0.5) is 5.69 Å². The molecule has 3 aromatic rings. The normalized spacial score (nSPS) is 11.6. The Kier molecular flexibility index (Phi) is 7.60. The molecule has 1 heterocycles. The molecule has 2 aromatic carbocycles. The molecule has 0 radical (unpaired) electrons. The second-order valence-corrected chi connectivity index (χ2v) is 7.89. The molecule has 0 saturated heterocycles. The number of nitrogens with one attached hydrogen (secondary N) is 1. The monoisotopic (exact) mass is 472 g/mol. The summed E-state index contributed by atoms with van der Waals surface area (Å²) in [5, 5.41) is 7.11. The first-order valence-corrected chi connectivity index (χ1v) is 10.6. The van der Waals surface area contributed by atoms with Crippen LogP contribution in [0.5, 0.6) is 11.5 Å². The first kappa shape index (κ1) is 24.1. The van der Waals surface area contributed by atoms with Gasteiger partial charge in [0.05, 0.1) is 23.9 Å². The molecule has 0 bridgehead atoms. The molecule has 174 valence electrons. The van der Waals surface area contributed by atoms with Crippen LogP contribution < -0.4 is 14.8 Å². The highest BCUT2D eigenvalue weighted by atomic mass is 35.5. The molecule has 9 heteroatoms. The van der Waals surface area contributed by atoms with Crippen molar-refractivity contribution in [1.82, 2.24) is 5.16 Å². The van der Waals surface area contributed by atoms with Gasteiger partial charge in [-0.25, -0.2) is 4.79 Å². The van der Waals surface area contributed by atoms with Crippen molar-refractivity contribution in [3.05, 3.63) is 69.6 Å². The van der Waals surface area contributed by atoms with Gasteiger partial charge in [0.15, 0.2) is 17.6 Å². The lowest BCUT2D eigenvalue weighted by Gasteiger charge is -2.16. The lowest BCUT2D eigenvalue weighted by atomic mass is 10.2. The van der Waals surface area contributed by atoms with E-state index < -0.39 is 18.0 Å².